The van der Waals surface area contributed by atoms with Gasteiger partial charge in [-0.25, -0.2) is 4.79 Å². The molecule has 0 amide bonds. The fourth-order valence-electron chi connectivity index (χ4n) is 3.05. The first-order valence-corrected chi connectivity index (χ1v) is 8.58. The number of hydrogen-bond donors (Lipinski definition) is 0. The molecule has 0 unspecified atom stereocenters. The Bertz CT molecular complexity index is 1080. The molecule has 2 heterocycles. The standard InChI is InChI=1S/C20H17F3N2O4/c1-11-8-15(13(3)25(11)18-9-12(2)29-24-18)17(26)10-28-19(27)14-6-4-5-7-16(14)20(21,22)23/h4-9H,10H2,1-3H3. The van der Waals surface area contributed by atoms with Crippen molar-refractivity contribution in [1.82, 2.24) is 9.72 Å². The Morgan fingerprint density at radius 3 is 2.41 bits per heavy atom. The third-order valence-electron chi connectivity index (χ3n) is 4.36. The Hall–Kier alpha value is -3.36. The minimum atomic E-state index is -4.71. The monoisotopic (exact) mass is 406 g/mol. The first kappa shape index (κ1) is 20.4. The van der Waals surface area contributed by atoms with Crippen LogP contribution in [-0.2, 0) is 10.9 Å². The predicted octanol–water partition coefficient (Wildman–Crippen LogP) is 4.45. The summed E-state index contributed by atoms with van der Waals surface area (Å²) >= 11 is 0. The number of Topliss-reactive ketones (excluding diaryl/α,β-unsaturated/α-hetero) is 1. The second-order valence-corrected chi connectivity index (χ2v) is 6.46. The summed E-state index contributed by atoms with van der Waals surface area (Å²) in [5.74, 6) is -0.667. The molecule has 3 rings (SSSR count). The van der Waals surface area contributed by atoms with Crippen LogP contribution in [0.25, 0.3) is 5.82 Å². The van der Waals surface area contributed by atoms with Gasteiger partial charge in [0.25, 0.3) is 0 Å². The van der Waals surface area contributed by atoms with Gasteiger partial charge in [-0.05, 0) is 39.0 Å². The Morgan fingerprint density at radius 1 is 1.10 bits per heavy atom. The summed E-state index contributed by atoms with van der Waals surface area (Å²) in [6.45, 7) is 4.49. The number of carbonyl (C=O) groups is 2. The topological polar surface area (TPSA) is 74.3 Å². The molecule has 1 aromatic carbocycles. The van der Waals surface area contributed by atoms with Crippen LogP contribution in [0, 0.1) is 20.8 Å². The third kappa shape index (κ3) is 4.08. The minimum absolute atomic E-state index is 0.278. The second kappa shape index (κ2) is 7.57. The van der Waals surface area contributed by atoms with Gasteiger partial charge in [-0.3, -0.25) is 9.36 Å². The smallest absolute Gasteiger partial charge is 0.417 e. The molecule has 0 saturated heterocycles. The van der Waals surface area contributed by atoms with Crippen molar-refractivity contribution in [3.05, 3.63) is 70.2 Å². The Balaban J connectivity index is 1.78. The maximum atomic E-state index is 13.0. The highest BCUT2D eigenvalue weighted by molar-refractivity contribution is 6.00. The summed E-state index contributed by atoms with van der Waals surface area (Å²) in [7, 11) is 0. The Labute approximate surface area is 163 Å². The average molecular weight is 406 g/mol. The molecule has 152 valence electrons. The SMILES string of the molecule is Cc1cc(-n2c(C)cc(C(=O)COC(=O)c3ccccc3C(F)(F)F)c2C)no1. The van der Waals surface area contributed by atoms with Crippen LogP contribution in [0.1, 0.15) is 43.4 Å². The Morgan fingerprint density at radius 2 is 1.79 bits per heavy atom. The fourth-order valence-corrected chi connectivity index (χ4v) is 3.05. The van der Waals surface area contributed by atoms with Gasteiger partial charge in [0.2, 0.25) is 5.78 Å². The van der Waals surface area contributed by atoms with E-state index in [0.717, 1.165) is 12.1 Å². The highest BCUT2D eigenvalue weighted by Gasteiger charge is 2.35. The lowest BCUT2D eigenvalue weighted by atomic mass is 10.1. The molecule has 0 aliphatic rings. The predicted molar refractivity (Wildman–Crippen MR) is 96.1 cm³/mol. The van der Waals surface area contributed by atoms with Gasteiger partial charge in [0.05, 0.1) is 11.1 Å². The molecule has 0 spiro atoms. The number of ketones is 1. The number of ether oxygens (including phenoxy) is 1. The number of aryl methyl sites for hydroxylation is 2. The molecule has 3 aromatic rings. The maximum Gasteiger partial charge on any atom is 0.417 e. The van der Waals surface area contributed by atoms with E-state index in [1.165, 1.54) is 12.1 Å². The van der Waals surface area contributed by atoms with Gasteiger partial charge in [0, 0.05) is 23.0 Å². The van der Waals surface area contributed by atoms with E-state index in [2.05, 4.69) is 5.16 Å². The molecule has 0 aliphatic heterocycles. The lowest BCUT2D eigenvalue weighted by Gasteiger charge is -2.12. The van der Waals surface area contributed by atoms with E-state index in [-0.39, 0.29) is 5.56 Å². The summed E-state index contributed by atoms with van der Waals surface area (Å²) in [6, 6.07) is 7.55. The van der Waals surface area contributed by atoms with Crippen molar-refractivity contribution in [2.24, 2.45) is 0 Å². The van der Waals surface area contributed by atoms with Crippen molar-refractivity contribution in [2.45, 2.75) is 26.9 Å². The number of halogens is 3. The van der Waals surface area contributed by atoms with E-state index in [1.54, 1.807) is 37.5 Å². The number of carbonyl (C=O) groups excluding carboxylic acids is 2. The number of benzene rings is 1. The van der Waals surface area contributed by atoms with Crippen molar-refractivity contribution < 1.29 is 32.0 Å². The van der Waals surface area contributed by atoms with Crippen LogP contribution in [0.2, 0.25) is 0 Å². The molecule has 0 saturated carbocycles. The summed E-state index contributed by atoms with van der Waals surface area (Å²) in [5.41, 5.74) is -0.228. The van der Waals surface area contributed by atoms with Gasteiger partial charge < -0.3 is 9.26 Å². The largest absolute Gasteiger partial charge is 0.454 e. The van der Waals surface area contributed by atoms with E-state index >= 15 is 0 Å². The van der Waals surface area contributed by atoms with Gasteiger partial charge in [0.1, 0.15) is 5.76 Å². The van der Waals surface area contributed by atoms with E-state index in [9.17, 15) is 22.8 Å². The quantitative estimate of drug-likeness (QED) is 0.462. The zero-order valence-corrected chi connectivity index (χ0v) is 15.8. The molecule has 0 N–H and O–H groups in total. The average Bonchev–Trinajstić information content (AvgIpc) is 3.21. The van der Waals surface area contributed by atoms with Crippen LogP contribution >= 0.6 is 0 Å². The van der Waals surface area contributed by atoms with Crippen molar-refractivity contribution in [1.29, 1.82) is 0 Å². The molecule has 2 aromatic heterocycles. The first-order valence-electron chi connectivity index (χ1n) is 8.58. The highest BCUT2D eigenvalue weighted by atomic mass is 19.4. The van der Waals surface area contributed by atoms with Crippen molar-refractivity contribution >= 4 is 11.8 Å². The van der Waals surface area contributed by atoms with E-state index in [0.29, 0.717) is 23.0 Å². The van der Waals surface area contributed by atoms with Crippen LogP contribution in [-0.4, -0.2) is 28.1 Å². The summed E-state index contributed by atoms with van der Waals surface area (Å²) in [5, 5.41) is 3.91. The minimum Gasteiger partial charge on any atom is -0.454 e. The molecule has 9 heteroatoms. The molecule has 0 aliphatic carbocycles. The van der Waals surface area contributed by atoms with E-state index in [4.69, 9.17) is 9.26 Å². The molecule has 6 nitrogen and oxygen atoms in total. The first-order chi connectivity index (χ1) is 13.6. The van der Waals surface area contributed by atoms with Gasteiger partial charge in [0.15, 0.2) is 12.4 Å². The van der Waals surface area contributed by atoms with Crippen LogP contribution in [0.15, 0.2) is 40.9 Å². The maximum absolute atomic E-state index is 13.0. The molecule has 29 heavy (non-hydrogen) atoms. The summed E-state index contributed by atoms with van der Waals surface area (Å²) in [6.07, 6.45) is -4.71. The van der Waals surface area contributed by atoms with Gasteiger partial charge in [-0.2, -0.15) is 13.2 Å². The van der Waals surface area contributed by atoms with Crippen molar-refractivity contribution in [3.8, 4) is 5.82 Å². The molecule has 0 fully saturated rings. The summed E-state index contributed by atoms with van der Waals surface area (Å²) < 4.78 is 50.7. The van der Waals surface area contributed by atoms with Crippen molar-refractivity contribution in [2.75, 3.05) is 6.61 Å². The van der Waals surface area contributed by atoms with Crippen molar-refractivity contribution in [3.63, 3.8) is 0 Å². The zero-order chi connectivity index (χ0) is 21.3. The lowest BCUT2D eigenvalue weighted by molar-refractivity contribution is -0.138. The number of hydrogen-bond acceptors (Lipinski definition) is 5. The zero-order valence-electron chi connectivity index (χ0n) is 15.8. The number of esters is 1. The molecule has 0 bridgehead atoms. The van der Waals surface area contributed by atoms with Gasteiger partial charge in [-0.15, -0.1) is 0 Å². The number of rotatable bonds is 5. The second-order valence-electron chi connectivity index (χ2n) is 6.46. The molecular formula is C20H17F3N2O4. The van der Waals surface area contributed by atoms with E-state index < -0.39 is 35.7 Å². The third-order valence-corrected chi connectivity index (χ3v) is 4.36. The Kier molecular flexibility index (Phi) is 5.32. The van der Waals surface area contributed by atoms with Crippen LogP contribution in [0.4, 0.5) is 13.2 Å². The number of aromatic nitrogens is 2. The van der Waals surface area contributed by atoms with Crippen LogP contribution in [0.3, 0.4) is 0 Å². The highest BCUT2D eigenvalue weighted by Crippen LogP contribution is 2.32. The number of nitrogens with zero attached hydrogens (tertiary/aromatic N) is 2. The molecule has 0 atom stereocenters. The lowest BCUT2D eigenvalue weighted by Crippen LogP contribution is -2.18. The van der Waals surface area contributed by atoms with Crippen LogP contribution < -0.4 is 0 Å². The fraction of sp³-hybridized carbons (Fsp3) is 0.250. The summed E-state index contributed by atoms with van der Waals surface area (Å²) in [4.78, 5) is 24.7. The van der Waals surface area contributed by atoms with E-state index in [1.807, 2.05) is 0 Å². The number of alkyl halides is 3. The molecule has 0 radical (unpaired) electrons. The van der Waals surface area contributed by atoms with Crippen LogP contribution in [0.5, 0.6) is 0 Å². The normalized spacial score (nSPS) is 11.5. The van der Waals surface area contributed by atoms with Gasteiger partial charge >= 0.3 is 12.1 Å². The molecular weight excluding hydrogens is 389 g/mol. The van der Waals surface area contributed by atoms with Gasteiger partial charge in [-0.1, -0.05) is 17.3 Å².